The van der Waals surface area contributed by atoms with Crippen LogP contribution in [0.15, 0.2) is 65.2 Å². The Morgan fingerprint density at radius 1 is 0.966 bits per heavy atom. The highest BCUT2D eigenvalue weighted by atomic mass is 19.1. The fourth-order valence-electron chi connectivity index (χ4n) is 3.70. The van der Waals surface area contributed by atoms with E-state index in [0.29, 0.717) is 51.9 Å². The van der Waals surface area contributed by atoms with Crippen LogP contribution in [0.4, 0.5) is 4.39 Å². The number of aromatic nitrogens is 1. The highest BCUT2D eigenvalue weighted by Crippen LogP contribution is 2.40. The van der Waals surface area contributed by atoms with Crippen molar-refractivity contribution in [3.05, 3.63) is 88.7 Å². The first-order valence-electron chi connectivity index (χ1n) is 9.22. The summed E-state index contributed by atoms with van der Waals surface area (Å²) in [5, 5.41) is 7.51. The Kier molecular flexibility index (Phi) is 3.98. The Morgan fingerprint density at radius 3 is 2.52 bits per heavy atom. The third-order valence-corrected chi connectivity index (χ3v) is 5.15. The molecule has 0 spiro atoms. The minimum Gasteiger partial charge on any atom is -0.355 e. The number of fused-ring (bicyclic) bond motifs is 2. The van der Waals surface area contributed by atoms with Crippen molar-refractivity contribution < 1.29 is 18.5 Å². The summed E-state index contributed by atoms with van der Waals surface area (Å²) in [7, 11) is 0. The van der Waals surface area contributed by atoms with Crippen molar-refractivity contribution in [1.29, 1.82) is 0 Å². The molecule has 1 amide bonds. The van der Waals surface area contributed by atoms with E-state index in [2.05, 4.69) is 10.5 Å². The van der Waals surface area contributed by atoms with Crippen molar-refractivity contribution in [3.63, 3.8) is 0 Å². The van der Waals surface area contributed by atoms with E-state index in [4.69, 9.17) is 4.52 Å². The van der Waals surface area contributed by atoms with Crippen LogP contribution in [0.5, 0.6) is 0 Å². The number of ketones is 1. The Morgan fingerprint density at radius 2 is 1.72 bits per heavy atom. The van der Waals surface area contributed by atoms with Gasteiger partial charge in [-0.1, -0.05) is 41.6 Å². The van der Waals surface area contributed by atoms with E-state index in [9.17, 15) is 14.0 Å². The van der Waals surface area contributed by atoms with E-state index in [1.807, 2.05) is 12.1 Å². The van der Waals surface area contributed by atoms with Gasteiger partial charge in [0.2, 0.25) is 0 Å². The summed E-state index contributed by atoms with van der Waals surface area (Å²) in [6.45, 7) is 0.389. The van der Waals surface area contributed by atoms with E-state index in [-0.39, 0.29) is 17.5 Å². The van der Waals surface area contributed by atoms with Gasteiger partial charge in [-0.15, -0.1) is 0 Å². The van der Waals surface area contributed by atoms with Gasteiger partial charge in [0.15, 0.2) is 11.5 Å². The molecule has 4 aromatic rings. The minimum absolute atomic E-state index is 0.107. The molecule has 0 fully saturated rings. The highest BCUT2D eigenvalue weighted by Gasteiger charge is 2.30. The normalized spacial score (nSPS) is 12.1. The van der Waals surface area contributed by atoms with Gasteiger partial charge in [0.25, 0.3) is 5.91 Å². The molecule has 0 unspecified atom stereocenters. The molecule has 6 heteroatoms. The Hall–Kier alpha value is -3.80. The number of hydrogen-bond donors (Lipinski definition) is 1. The van der Waals surface area contributed by atoms with E-state index in [1.165, 1.54) is 12.1 Å². The first-order valence-corrected chi connectivity index (χ1v) is 9.22. The zero-order valence-corrected chi connectivity index (χ0v) is 15.2. The molecule has 1 aliphatic rings. The molecule has 142 valence electrons. The predicted octanol–water partition coefficient (Wildman–Crippen LogP) is 4.15. The summed E-state index contributed by atoms with van der Waals surface area (Å²) < 4.78 is 18.5. The molecule has 0 saturated heterocycles. The number of halogens is 1. The third-order valence-electron chi connectivity index (χ3n) is 5.15. The fraction of sp³-hybridized carbons (Fsp3) is 0.0870. The maximum atomic E-state index is 13.0. The summed E-state index contributed by atoms with van der Waals surface area (Å²) in [4.78, 5) is 25.5. The maximum absolute atomic E-state index is 13.0. The van der Waals surface area contributed by atoms with Gasteiger partial charge in [-0.3, -0.25) is 9.59 Å². The first-order chi connectivity index (χ1) is 14.1. The van der Waals surface area contributed by atoms with Gasteiger partial charge in [0, 0.05) is 23.2 Å². The lowest BCUT2D eigenvalue weighted by Crippen LogP contribution is -2.26. The van der Waals surface area contributed by atoms with Crippen LogP contribution in [0, 0.1) is 5.82 Å². The molecule has 0 bridgehead atoms. The molecule has 0 saturated carbocycles. The van der Waals surface area contributed by atoms with Crippen molar-refractivity contribution in [1.82, 2.24) is 10.5 Å². The number of carbonyl (C=O) groups excluding carboxylic acids is 2. The Balaban J connectivity index is 1.44. The van der Waals surface area contributed by atoms with Gasteiger partial charge in [0.05, 0.1) is 10.9 Å². The van der Waals surface area contributed by atoms with Crippen molar-refractivity contribution >= 4 is 22.6 Å². The van der Waals surface area contributed by atoms with Gasteiger partial charge in [-0.2, -0.15) is 0 Å². The highest BCUT2D eigenvalue weighted by molar-refractivity contribution is 6.26. The molecule has 29 heavy (non-hydrogen) atoms. The van der Waals surface area contributed by atoms with Crippen LogP contribution in [0.3, 0.4) is 0 Å². The monoisotopic (exact) mass is 386 g/mol. The van der Waals surface area contributed by atoms with Crippen LogP contribution in [0.25, 0.3) is 22.2 Å². The summed E-state index contributed by atoms with van der Waals surface area (Å²) >= 11 is 0. The zero-order valence-electron chi connectivity index (χ0n) is 15.2. The number of hydrogen-bond acceptors (Lipinski definition) is 4. The van der Waals surface area contributed by atoms with Crippen LogP contribution in [0.2, 0.25) is 0 Å². The smallest absolute Gasteiger partial charge is 0.253 e. The molecule has 5 rings (SSSR count). The molecule has 0 radical (unpaired) electrons. The topological polar surface area (TPSA) is 72.2 Å². The second-order valence-corrected chi connectivity index (χ2v) is 6.90. The van der Waals surface area contributed by atoms with Crippen molar-refractivity contribution in [2.45, 2.75) is 6.42 Å². The second-order valence-electron chi connectivity index (χ2n) is 6.90. The molecular formula is C23H15FN2O3. The number of benzene rings is 3. The van der Waals surface area contributed by atoms with Gasteiger partial charge >= 0.3 is 0 Å². The lowest BCUT2D eigenvalue weighted by atomic mass is 9.87. The number of rotatable bonds is 4. The zero-order chi connectivity index (χ0) is 20.0. The largest absolute Gasteiger partial charge is 0.355 e. The molecular weight excluding hydrogens is 371 g/mol. The number of nitrogens with zero attached hydrogens (tertiary/aromatic N) is 1. The second kappa shape index (κ2) is 6.67. The first kappa shape index (κ1) is 17.3. The standard InChI is InChI=1S/C23H15FN2O3/c24-14-7-5-13(6-8-14)11-12-25-23(28)18-10-9-17-19-20(18)26-29-22(19)16-4-2-1-3-15(16)21(17)27/h1-10H,11-12H2,(H,25,28). The molecule has 1 heterocycles. The summed E-state index contributed by atoms with van der Waals surface area (Å²) in [6, 6.07) is 16.6. The van der Waals surface area contributed by atoms with E-state index >= 15 is 0 Å². The van der Waals surface area contributed by atoms with Crippen molar-refractivity contribution in [2.75, 3.05) is 6.54 Å². The number of carbonyl (C=O) groups is 2. The number of nitrogens with one attached hydrogen (secondary N) is 1. The summed E-state index contributed by atoms with van der Waals surface area (Å²) in [5.74, 6) is -0.194. The van der Waals surface area contributed by atoms with Crippen molar-refractivity contribution in [3.8, 4) is 11.3 Å². The molecule has 5 nitrogen and oxygen atoms in total. The SMILES string of the molecule is O=C(NCCc1ccc(F)cc1)c1ccc2c3c(onc13)-c1ccccc1C2=O. The Labute approximate surface area is 165 Å². The molecule has 0 aliphatic heterocycles. The average molecular weight is 386 g/mol. The molecule has 3 aromatic carbocycles. The molecule has 1 N–H and O–H groups in total. The lowest BCUT2D eigenvalue weighted by Gasteiger charge is -2.14. The number of amides is 1. The van der Waals surface area contributed by atoms with Crippen LogP contribution in [-0.2, 0) is 6.42 Å². The molecule has 1 aliphatic carbocycles. The van der Waals surface area contributed by atoms with Gasteiger partial charge in [0.1, 0.15) is 11.3 Å². The fourth-order valence-corrected chi connectivity index (χ4v) is 3.70. The summed E-state index contributed by atoms with van der Waals surface area (Å²) in [5.41, 5.74) is 3.38. The maximum Gasteiger partial charge on any atom is 0.253 e. The van der Waals surface area contributed by atoms with Crippen LogP contribution in [0.1, 0.15) is 31.8 Å². The van der Waals surface area contributed by atoms with Crippen LogP contribution in [-0.4, -0.2) is 23.4 Å². The van der Waals surface area contributed by atoms with E-state index < -0.39 is 0 Å². The molecule has 1 aromatic heterocycles. The summed E-state index contributed by atoms with van der Waals surface area (Å²) in [6.07, 6.45) is 0.573. The van der Waals surface area contributed by atoms with E-state index in [1.54, 1.807) is 36.4 Å². The average Bonchev–Trinajstić information content (AvgIpc) is 3.19. The van der Waals surface area contributed by atoms with Crippen LogP contribution >= 0.6 is 0 Å². The minimum atomic E-state index is -0.301. The van der Waals surface area contributed by atoms with Gasteiger partial charge < -0.3 is 9.84 Å². The van der Waals surface area contributed by atoms with Crippen LogP contribution < -0.4 is 5.32 Å². The van der Waals surface area contributed by atoms with Gasteiger partial charge in [-0.25, -0.2) is 4.39 Å². The predicted molar refractivity (Wildman–Crippen MR) is 105 cm³/mol. The van der Waals surface area contributed by atoms with Gasteiger partial charge in [-0.05, 0) is 36.2 Å². The van der Waals surface area contributed by atoms with Crippen molar-refractivity contribution in [2.24, 2.45) is 0 Å². The van der Waals surface area contributed by atoms with E-state index in [0.717, 1.165) is 5.56 Å². The molecule has 0 atom stereocenters. The Bertz CT molecular complexity index is 1280. The third kappa shape index (κ3) is 2.81. The quantitative estimate of drug-likeness (QED) is 0.504. The lowest BCUT2D eigenvalue weighted by molar-refractivity contribution is 0.0954.